The van der Waals surface area contributed by atoms with Crippen LogP contribution in [0.4, 0.5) is 0 Å². The van der Waals surface area contributed by atoms with E-state index < -0.39 is 0 Å². The maximum absolute atomic E-state index is 6.11. The van der Waals surface area contributed by atoms with Gasteiger partial charge >= 0.3 is 0 Å². The van der Waals surface area contributed by atoms with E-state index in [1.807, 2.05) is 18.3 Å². The lowest BCUT2D eigenvalue weighted by Crippen LogP contribution is -2.15. The number of hydrogen-bond donors (Lipinski definition) is 0. The van der Waals surface area contributed by atoms with Crippen LogP contribution in [-0.4, -0.2) is 9.97 Å². The Balaban J connectivity index is 0.936. The molecule has 3 heteroatoms. The second-order valence-electron chi connectivity index (χ2n) is 14.6. The fourth-order valence-electron chi connectivity index (χ4n) is 8.60. The summed E-state index contributed by atoms with van der Waals surface area (Å²) < 4.78 is 6.11. The largest absolute Gasteiger partial charge is 0.456 e. The van der Waals surface area contributed by atoms with Gasteiger partial charge in [-0.1, -0.05) is 135 Å². The summed E-state index contributed by atoms with van der Waals surface area (Å²) in [5, 5.41) is 6.98. The Labute approximate surface area is 300 Å². The fourth-order valence-corrected chi connectivity index (χ4v) is 8.60. The van der Waals surface area contributed by atoms with E-state index >= 15 is 0 Å². The van der Waals surface area contributed by atoms with E-state index in [4.69, 9.17) is 14.4 Å². The normalized spacial score (nSPS) is 13.3. The van der Waals surface area contributed by atoms with Crippen LogP contribution in [0.5, 0.6) is 0 Å². The number of furan rings is 1. The Hall–Kier alpha value is -6.58. The van der Waals surface area contributed by atoms with Crippen molar-refractivity contribution in [1.82, 2.24) is 9.97 Å². The molecule has 0 saturated heterocycles. The molecule has 2 heterocycles. The molecule has 0 N–H and O–H groups in total. The molecule has 0 bridgehead atoms. The minimum Gasteiger partial charge on any atom is -0.456 e. The molecule has 10 aromatic rings. The van der Waals surface area contributed by atoms with Gasteiger partial charge in [-0.05, 0) is 85.6 Å². The lowest BCUT2D eigenvalue weighted by Gasteiger charge is -2.22. The van der Waals surface area contributed by atoms with Crippen molar-refractivity contribution in [2.45, 2.75) is 19.3 Å². The molecular formula is C49H32N2O. The summed E-state index contributed by atoms with van der Waals surface area (Å²) in [5.41, 5.74) is 15.7. The first kappa shape index (κ1) is 29.2. The van der Waals surface area contributed by atoms with Gasteiger partial charge in [-0.2, -0.15) is 0 Å². The van der Waals surface area contributed by atoms with Crippen molar-refractivity contribution in [3.05, 3.63) is 169 Å². The second kappa shape index (κ2) is 10.7. The van der Waals surface area contributed by atoms with E-state index in [9.17, 15) is 0 Å². The number of aromatic nitrogens is 2. The van der Waals surface area contributed by atoms with Gasteiger partial charge in [0.05, 0.1) is 22.9 Å². The molecule has 52 heavy (non-hydrogen) atoms. The molecule has 0 unspecified atom stereocenters. The predicted molar refractivity (Wildman–Crippen MR) is 216 cm³/mol. The van der Waals surface area contributed by atoms with Gasteiger partial charge in [0, 0.05) is 32.5 Å². The van der Waals surface area contributed by atoms with Crippen molar-refractivity contribution < 1.29 is 4.42 Å². The molecular weight excluding hydrogens is 633 g/mol. The standard InChI is InChI=1S/C49H32N2O/c1-49(2)42-26-32(19-22-36(42)37-23-20-33(27-43(37)49)31-21-24-46-41(25-31)38-11-7-8-14-45(38)52-46)29-15-17-30(18-16-29)44-28-50-47-39-12-5-3-9-34(39)35-10-4-6-13-40(35)48(47)51-44/h3-28H,1-2H3. The Kier molecular flexibility index (Phi) is 6.01. The number of benzene rings is 8. The molecule has 0 aliphatic heterocycles. The number of nitrogens with zero attached hydrogens (tertiary/aromatic N) is 2. The molecule has 0 atom stereocenters. The van der Waals surface area contributed by atoms with Crippen molar-refractivity contribution in [3.8, 4) is 44.6 Å². The van der Waals surface area contributed by atoms with Gasteiger partial charge in [0.1, 0.15) is 11.2 Å². The second-order valence-corrected chi connectivity index (χ2v) is 14.6. The van der Waals surface area contributed by atoms with Gasteiger partial charge in [-0.25, -0.2) is 4.98 Å². The molecule has 1 aliphatic carbocycles. The fraction of sp³-hybridized carbons (Fsp3) is 0.0612. The molecule has 0 amide bonds. The smallest absolute Gasteiger partial charge is 0.135 e. The first-order chi connectivity index (χ1) is 25.5. The highest BCUT2D eigenvalue weighted by Gasteiger charge is 2.36. The Morgan fingerprint density at radius 2 is 0.923 bits per heavy atom. The molecule has 1 aliphatic rings. The summed E-state index contributed by atoms with van der Waals surface area (Å²) in [6, 6.07) is 54.5. The van der Waals surface area contributed by atoms with Crippen LogP contribution in [0.2, 0.25) is 0 Å². The summed E-state index contributed by atoms with van der Waals surface area (Å²) >= 11 is 0. The zero-order valence-corrected chi connectivity index (χ0v) is 28.8. The van der Waals surface area contributed by atoms with E-state index in [1.165, 1.54) is 55.3 Å². The molecule has 0 spiro atoms. The predicted octanol–water partition coefficient (Wildman–Crippen LogP) is 13.1. The Morgan fingerprint density at radius 1 is 0.423 bits per heavy atom. The summed E-state index contributed by atoms with van der Waals surface area (Å²) in [7, 11) is 0. The van der Waals surface area contributed by atoms with Crippen LogP contribution in [0.3, 0.4) is 0 Å². The maximum Gasteiger partial charge on any atom is 0.135 e. The van der Waals surface area contributed by atoms with Crippen LogP contribution in [0.25, 0.3) is 99.2 Å². The Bertz CT molecular complexity index is 3060. The highest BCUT2D eigenvalue weighted by atomic mass is 16.3. The quantitative estimate of drug-likeness (QED) is 0.176. The zero-order valence-electron chi connectivity index (χ0n) is 28.8. The van der Waals surface area contributed by atoms with Crippen LogP contribution >= 0.6 is 0 Å². The third-order valence-corrected chi connectivity index (χ3v) is 11.3. The van der Waals surface area contributed by atoms with Gasteiger partial charge in [-0.3, -0.25) is 4.98 Å². The maximum atomic E-state index is 6.11. The third-order valence-electron chi connectivity index (χ3n) is 11.3. The molecule has 0 fully saturated rings. The molecule has 8 aromatic carbocycles. The molecule has 244 valence electrons. The van der Waals surface area contributed by atoms with Gasteiger partial charge in [0.25, 0.3) is 0 Å². The van der Waals surface area contributed by atoms with E-state index in [1.54, 1.807) is 0 Å². The van der Waals surface area contributed by atoms with Crippen molar-refractivity contribution in [2.75, 3.05) is 0 Å². The third kappa shape index (κ3) is 4.20. The number of hydrogen-bond acceptors (Lipinski definition) is 3. The topological polar surface area (TPSA) is 38.9 Å². The van der Waals surface area contributed by atoms with Crippen LogP contribution in [0.1, 0.15) is 25.0 Å². The lowest BCUT2D eigenvalue weighted by atomic mass is 9.81. The molecule has 3 nitrogen and oxygen atoms in total. The molecule has 0 saturated carbocycles. The van der Waals surface area contributed by atoms with E-state index in [0.717, 1.165) is 55.0 Å². The van der Waals surface area contributed by atoms with Crippen LogP contribution in [0.15, 0.2) is 162 Å². The van der Waals surface area contributed by atoms with Gasteiger partial charge < -0.3 is 4.42 Å². The summed E-state index contributed by atoms with van der Waals surface area (Å²) in [6.45, 7) is 4.71. The van der Waals surface area contributed by atoms with Crippen molar-refractivity contribution in [3.63, 3.8) is 0 Å². The van der Waals surface area contributed by atoms with Crippen LogP contribution in [-0.2, 0) is 5.41 Å². The lowest BCUT2D eigenvalue weighted by molar-refractivity contribution is 0.661. The minimum absolute atomic E-state index is 0.142. The molecule has 0 radical (unpaired) electrons. The van der Waals surface area contributed by atoms with Gasteiger partial charge in [0.2, 0.25) is 0 Å². The zero-order chi connectivity index (χ0) is 34.6. The monoisotopic (exact) mass is 664 g/mol. The number of rotatable bonds is 3. The summed E-state index contributed by atoms with van der Waals surface area (Å²) in [5.74, 6) is 0. The summed E-state index contributed by atoms with van der Waals surface area (Å²) in [4.78, 5) is 10.2. The van der Waals surface area contributed by atoms with Gasteiger partial charge in [-0.15, -0.1) is 0 Å². The van der Waals surface area contributed by atoms with Gasteiger partial charge in [0.15, 0.2) is 0 Å². The molecule has 2 aromatic heterocycles. The van der Waals surface area contributed by atoms with Crippen LogP contribution in [0, 0.1) is 0 Å². The first-order valence-electron chi connectivity index (χ1n) is 17.9. The van der Waals surface area contributed by atoms with E-state index in [0.29, 0.717) is 0 Å². The minimum atomic E-state index is -0.142. The van der Waals surface area contributed by atoms with Crippen molar-refractivity contribution in [2.24, 2.45) is 0 Å². The van der Waals surface area contributed by atoms with E-state index in [2.05, 4.69) is 153 Å². The average Bonchev–Trinajstić information content (AvgIpc) is 3.68. The van der Waals surface area contributed by atoms with Crippen molar-refractivity contribution >= 4 is 54.5 Å². The SMILES string of the molecule is CC1(C)c2cc(-c3ccc(-c4cnc5c6ccccc6c6ccccc6c5n4)cc3)ccc2-c2ccc(-c3ccc4oc5ccccc5c4c3)cc21. The average molecular weight is 665 g/mol. The number of fused-ring (bicyclic) bond motifs is 12. The first-order valence-corrected chi connectivity index (χ1v) is 17.9. The highest BCUT2D eigenvalue weighted by molar-refractivity contribution is 6.23. The van der Waals surface area contributed by atoms with Crippen molar-refractivity contribution in [1.29, 1.82) is 0 Å². The highest BCUT2D eigenvalue weighted by Crippen LogP contribution is 2.51. The molecule has 11 rings (SSSR count). The summed E-state index contributed by atoms with van der Waals surface area (Å²) in [6.07, 6.45) is 1.91. The Morgan fingerprint density at radius 3 is 1.62 bits per heavy atom. The number of para-hydroxylation sites is 1. The van der Waals surface area contributed by atoms with Crippen LogP contribution < -0.4 is 0 Å². The van der Waals surface area contributed by atoms with E-state index in [-0.39, 0.29) is 5.41 Å².